The van der Waals surface area contributed by atoms with Crippen LogP contribution in [0.3, 0.4) is 0 Å². The van der Waals surface area contributed by atoms with Gasteiger partial charge in [0.05, 0.1) is 0 Å². The van der Waals surface area contributed by atoms with Gasteiger partial charge in [-0.05, 0) is 56.5 Å². The van der Waals surface area contributed by atoms with Crippen molar-refractivity contribution in [2.75, 3.05) is 13.1 Å². The van der Waals surface area contributed by atoms with Crippen molar-refractivity contribution < 1.29 is 9.59 Å². The van der Waals surface area contributed by atoms with E-state index in [1.54, 1.807) is 6.07 Å². The Hall–Kier alpha value is -2.99. The fourth-order valence-electron chi connectivity index (χ4n) is 3.74. The van der Waals surface area contributed by atoms with E-state index in [9.17, 15) is 9.59 Å². The Morgan fingerprint density at radius 2 is 1.73 bits per heavy atom. The molecule has 1 fully saturated rings. The third kappa shape index (κ3) is 4.60. The van der Waals surface area contributed by atoms with Crippen LogP contribution in [0.4, 0.5) is 0 Å². The van der Waals surface area contributed by atoms with Gasteiger partial charge in [0.1, 0.15) is 0 Å². The van der Waals surface area contributed by atoms with Crippen LogP contribution < -0.4 is 4.80 Å². The molecule has 0 N–H and O–H groups in total. The molecule has 2 aromatic carbocycles. The van der Waals surface area contributed by atoms with Gasteiger partial charge in [0, 0.05) is 41.8 Å². The second kappa shape index (κ2) is 8.79. The molecule has 1 aliphatic heterocycles. The van der Waals surface area contributed by atoms with Gasteiger partial charge in [0.25, 0.3) is 11.8 Å². The number of benzene rings is 2. The molecule has 3 aromatic rings. The highest BCUT2D eigenvalue weighted by Gasteiger charge is 2.19. The van der Waals surface area contributed by atoms with Crippen LogP contribution in [0.2, 0.25) is 0 Å². The van der Waals surface area contributed by atoms with Crippen LogP contribution in [0.15, 0.2) is 59.7 Å². The average molecular weight is 420 g/mol. The highest BCUT2D eigenvalue weighted by Crippen LogP contribution is 2.15. The van der Waals surface area contributed by atoms with E-state index in [1.807, 2.05) is 72.0 Å². The number of thiazole rings is 1. The Kier molecular flexibility index (Phi) is 5.95. The molecule has 0 saturated carbocycles. The quantitative estimate of drug-likeness (QED) is 0.637. The van der Waals surface area contributed by atoms with Gasteiger partial charge in [-0.3, -0.25) is 9.59 Å². The SMILES string of the molecule is Cc1cccc(C(=O)N=c2sc(C)cn2Cc2cccc(C(=O)N3CCCC3)c2)c1. The fourth-order valence-corrected chi connectivity index (χ4v) is 4.57. The van der Waals surface area contributed by atoms with Crippen molar-refractivity contribution in [1.82, 2.24) is 9.47 Å². The number of nitrogens with zero attached hydrogens (tertiary/aromatic N) is 3. The Bertz CT molecular complexity index is 1150. The lowest BCUT2D eigenvalue weighted by Gasteiger charge is -2.15. The lowest BCUT2D eigenvalue weighted by molar-refractivity contribution is 0.0792. The maximum absolute atomic E-state index is 12.7. The normalized spacial score (nSPS) is 14.3. The maximum Gasteiger partial charge on any atom is 0.279 e. The average Bonchev–Trinajstić information content (AvgIpc) is 3.38. The Balaban J connectivity index is 1.59. The van der Waals surface area contributed by atoms with Crippen molar-refractivity contribution in [2.24, 2.45) is 4.99 Å². The molecule has 6 heteroatoms. The molecule has 0 unspecified atom stereocenters. The van der Waals surface area contributed by atoms with Crippen molar-refractivity contribution in [3.05, 3.63) is 86.7 Å². The smallest absolute Gasteiger partial charge is 0.279 e. The molecule has 0 bridgehead atoms. The number of hydrogen-bond acceptors (Lipinski definition) is 3. The van der Waals surface area contributed by atoms with Gasteiger partial charge in [-0.2, -0.15) is 4.99 Å². The fraction of sp³-hybridized carbons (Fsp3) is 0.292. The summed E-state index contributed by atoms with van der Waals surface area (Å²) in [4.78, 5) is 33.4. The molecule has 2 amide bonds. The molecule has 1 aliphatic rings. The van der Waals surface area contributed by atoms with E-state index in [2.05, 4.69) is 4.99 Å². The van der Waals surface area contributed by atoms with Crippen molar-refractivity contribution in [3.8, 4) is 0 Å². The van der Waals surface area contributed by atoms with Gasteiger partial charge < -0.3 is 9.47 Å². The predicted octanol–water partition coefficient (Wildman–Crippen LogP) is 4.19. The van der Waals surface area contributed by atoms with E-state index < -0.39 is 0 Å². The second-order valence-electron chi connectivity index (χ2n) is 7.74. The molecule has 2 heterocycles. The lowest BCUT2D eigenvalue weighted by Crippen LogP contribution is -2.27. The maximum atomic E-state index is 12.7. The van der Waals surface area contributed by atoms with Crippen LogP contribution in [0.25, 0.3) is 0 Å². The summed E-state index contributed by atoms with van der Waals surface area (Å²) in [5.41, 5.74) is 3.36. The van der Waals surface area contributed by atoms with Crippen molar-refractivity contribution in [1.29, 1.82) is 0 Å². The standard InChI is InChI=1S/C24H25N3O2S/c1-17-7-5-9-20(13-17)22(28)25-24-27(15-18(2)30-24)16-19-8-6-10-21(14-19)23(29)26-11-3-4-12-26/h5-10,13-15H,3-4,11-12,16H2,1-2H3. The Morgan fingerprint density at radius 1 is 1.00 bits per heavy atom. The first-order chi connectivity index (χ1) is 14.5. The van der Waals surface area contributed by atoms with E-state index in [4.69, 9.17) is 0 Å². The van der Waals surface area contributed by atoms with Gasteiger partial charge in [0.2, 0.25) is 0 Å². The molecule has 154 valence electrons. The first-order valence-electron chi connectivity index (χ1n) is 10.2. The molecule has 0 spiro atoms. The van der Waals surface area contributed by atoms with Gasteiger partial charge in [-0.15, -0.1) is 11.3 Å². The van der Waals surface area contributed by atoms with E-state index in [0.29, 0.717) is 16.9 Å². The first kappa shape index (κ1) is 20.3. The van der Waals surface area contributed by atoms with Crippen molar-refractivity contribution in [3.63, 3.8) is 0 Å². The van der Waals surface area contributed by atoms with E-state index in [-0.39, 0.29) is 11.8 Å². The largest absolute Gasteiger partial charge is 0.339 e. The van der Waals surface area contributed by atoms with Crippen molar-refractivity contribution in [2.45, 2.75) is 33.2 Å². The summed E-state index contributed by atoms with van der Waals surface area (Å²) in [7, 11) is 0. The lowest BCUT2D eigenvalue weighted by atomic mass is 10.1. The second-order valence-corrected chi connectivity index (χ2v) is 8.95. The van der Waals surface area contributed by atoms with Crippen LogP contribution in [0.1, 0.15) is 49.6 Å². The van der Waals surface area contributed by atoms with Crippen LogP contribution in [-0.2, 0) is 6.54 Å². The molecule has 0 aliphatic carbocycles. The molecule has 30 heavy (non-hydrogen) atoms. The first-order valence-corrected chi connectivity index (χ1v) is 11.0. The highest BCUT2D eigenvalue weighted by molar-refractivity contribution is 7.09. The minimum absolute atomic E-state index is 0.0976. The summed E-state index contributed by atoms with van der Waals surface area (Å²) >= 11 is 1.49. The van der Waals surface area contributed by atoms with E-state index in [1.165, 1.54) is 11.3 Å². The van der Waals surface area contributed by atoms with E-state index >= 15 is 0 Å². The number of hydrogen-bond donors (Lipinski definition) is 0. The van der Waals surface area contributed by atoms with Gasteiger partial charge in [0.15, 0.2) is 4.80 Å². The number of carbonyl (C=O) groups is 2. The molecular formula is C24H25N3O2S. The summed E-state index contributed by atoms with van der Waals surface area (Å²) in [5, 5.41) is 0. The Morgan fingerprint density at radius 3 is 2.50 bits per heavy atom. The molecule has 4 rings (SSSR count). The van der Waals surface area contributed by atoms with Gasteiger partial charge >= 0.3 is 0 Å². The third-order valence-electron chi connectivity index (χ3n) is 5.22. The summed E-state index contributed by atoms with van der Waals surface area (Å²) in [6, 6.07) is 15.2. The summed E-state index contributed by atoms with van der Waals surface area (Å²) < 4.78 is 1.98. The summed E-state index contributed by atoms with van der Waals surface area (Å²) in [6.45, 7) is 6.20. The molecule has 0 atom stereocenters. The minimum Gasteiger partial charge on any atom is -0.339 e. The third-order valence-corrected chi connectivity index (χ3v) is 6.15. The molecular weight excluding hydrogens is 394 g/mol. The van der Waals surface area contributed by atoms with E-state index in [0.717, 1.165) is 47.5 Å². The van der Waals surface area contributed by atoms with Gasteiger partial charge in [-0.25, -0.2) is 0 Å². The summed E-state index contributed by atoms with van der Waals surface area (Å²) in [5.74, 6) is -0.146. The molecule has 5 nitrogen and oxygen atoms in total. The van der Waals surface area contributed by atoms with Crippen molar-refractivity contribution >= 4 is 23.2 Å². The molecule has 0 radical (unpaired) electrons. The molecule has 1 aromatic heterocycles. The monoisotopic (exact) mass is 419 g/mol. The zero-order valence-corrected chi connectivity index (χ0v) is 18.1. The van der Waals surface area contributed by atoms with Gasteiger partial charge in [-0.1, -0.05) is 29.8 Å². The van der Waals surface area contributed by atoms with Crippen LogP contribution >= 0.6 is 11.3 Å². The highest BCUT2D eigenvalue weighted by atomic mass is 32.1. The number of amides is 2. The summed E-state index contributed by atoms with van der Waals surface area (Å²) in [6.07, 6.45) is 4.16. The number of rotatable bonds is 4. The zero-order chi connectivity index (χ0) is 21.1. The predicted molar refractivity (Wildman–Crippen MR) is 119 cm³/mol. The number of carbonyl (C=O) groups excluding carboxylic acids is 2. The molecule has 1 saturated heterocycles. The van der Waals surface area contributed by atoms with Crippen LogP contribution in [0.5, 0.6) is 0 Å². The van der Waals surface area contributed by atoms with Crippen LogP contribution in [-0.4, -0.2) is 34.4 Å². The number of aryl methyl sites for hydroxylation is 2. The topological polar surface area (TPSA) is 54.7 Å². The zero-order valence-electron chi connectivity index (χ0n) is 17.3. The number of likely N-dealkylation sites (tertiary alicyclic amines) is 1. The van der Waals surface area contributed by atoms with Crippen LogP contribution in [0, 0.1) is 13.8 Å². The minimum atomic E-state index is -0.243. The number of aromatic nitrogens is 1. The Labute approximate surface area is 180 Å².